The molecule has 4 heteroatoms. The summed E-state index contributed by atoms with van der Waals surface area (Å²) in [5.41, 5.74) is 1.75. The summed E-state index contributed by atoms with van der Waals surface area (Å²) in [6, 6.07) is 9.50. The van der Waals surface area contributed by atoms with Crippen molar-refractivity contribution in [2.45, 2.75) is 19.9 Å². The van der Waals surface area contributed by atoms with Gasteiger partial charge in [-0.2, -0.15) is 5.10 Å². The number of nitrogens with one attached hydrogen (secondary N) is 1. The van der Waals surface area contributed by atoms with Gasteiger partial charge in [0.25, 0.3) is 5.91 Å². The Morgan fingerprint density at radius 3 is 2.89 bits per heavy atom. The van der Waals surface area contributed by atoms with Crippen LogP contribution in [0, 0.1) is 6.92 Å². The zero-order chi connectivity index (χ0) is 12.8. The minimum absolute atomic E-state index is 0.00596. The molecule has 0 atom stereocenters. The third kappa shape index (κ3) is 3.20. The third-order valence-electron chi connectivity index (χ3n) is 2.80. The largest absolute Gasteiger partial charge is 0.352 e. The van der Waals surface area contributed by atoms with Crippen molar-refractivity contribution in [1.29, 1.82) is 0 Å². The zero-order valence-corrected chi connectivity index (χ0v) is 10.5. The third-order valence-corrected chi connectivity index (χ3v) is 2.80. The van der Waals surface area contributed by atoms with E-state index >= 15 is 0 Å². The monoisotopic (exact) mass is 243 g/mol. The molecule has 0 spiro atoms. The molecule has 1 aromatic carbocycles. The van der Waals surface area contributed by atoms with Gasteiger partial charge in [-0.25, -0.2) is 0 Å². The van der Waals surface area contributed by atoms with Crippen LogP contribution in [-0.2, 0) is 6.54 Å². The molecule has 0 aliphatic carbocycles. The molecule has 2 aromatic rings. The molecule has 0 unspecified atom stereocenters. The highest BCUT2D eigenvalue weighted by molar-refractivity contribution is 5.95. The maximum absolute atomic E-state index is 11.9. The van der Waals surface area contributed by atoms with E-state index in [1.54, 1.807) is 6.20 Å². The van der Waals surface area contributed by atoms with Crippen molar-refractivity contribution in [1.82, 2.24) is 15.1 Å². The molecule has 18 heavy (non-hydrogen) atoms. The summed E-state index contributed by atoms with van der Waals surface area (Å²) in [7, 11) is 0. The van der Waals surface area contributed by atoms with Crippen LogP contribution in [0.1, 0.15) is 22.3 Å². The highest BCUT2D eigenvalue weighted by Crippen LogP contribution is 2.06. The number of carbonyl (C=O) groups is 1. The first-order chi connectivity index (χ1) is 8.77. The highest BCUT2D eigenvalue weighted by Gasteiger charge is 2.06. The molecule has 1 heterocycles. The molecule has 1 aromatic heterocycles. The maximum Gasteiger partial charge on any atom is 0.251 e. The Kier molecular flexibility index (Phi) is 4.12. The summed E-state index contributed by atoms with van der Waals surface area (Å²) in [6.07, 6.45) is 4.55. The van der Waals surface area contributed by atoms with Gasteiger partial charge < -0.3 is 5.32 Å². The van der Waals surface area contributed by atoms with E-state index in [0.29, 0.717) is 6.54 Å². The van der Waals surface area contributed by atoms with Crippen molar-refractivity contribution < 1.29 is 4.79 Å². The summed E-state index contributed by atoms with van der Waals surface area (Å²) < 4.78 is 1.86. The van der Waals surface area contributed by atoms with E-state index in [2.05, 4.69) is 10.4 Å². The molecule has 1 amide bonds. The van der Waals surface area contributed by atoms with Crippen LogP contribution in [0.4, 0.5) is 0 Å². The smallest absolute Gasteiger partial charge is 0.251 e. The zero-order valence-electron chi connectivity index (χ0n) is 10.5. The van der Waals surface area contributed by atoms with E-state index in [9.17, 15) is 4.79 Å². The van der Waals surface area contributed by atoms with Gasteiger partial charge in [0.15, 0.2) is 0 Å². The van der Waals surface area contributed by atoms with Crippen LogP contribution in [0.15, 0.2) is 42.7 Å². The molecule has 2 rings (SSSR count). The number of hydrogen-bond acceptors (Lipinski definition) is 2. The van der Waals surface area contributed by atoms with Crippen molar-refractivity contribution in [3.05, 3.63) is 53.9 Å². The number of amides is 1. The van der Waals surface area contributed by atoms with Crippen molar-refractivity contribution in [3.8, 4) is 0 Å². The molecule has 94 valence electrons. The van der Waals surface area contributed by atoms with Gasteiger partial charge in [0.2, 0.25) is 0 Å². The predicted octanol–water partition coefficient (Wildman–Crippen LogP) is 2.01. The lowest BCUT2D eigenvalue weighted by atomic mass is 10.1. The van der Waals surface area contributed by atoms with Crippen LogP contribution < -0.4 is 5.32 Å². The average molecular weight is 243 g/mol. The first kappa shape index (κ1) is 12.4. The van der Waals surface area contributed by atoms with Gasteiger partial charge in [-0.1, -0.05) is 18.2 Å². The lowest BCUT2D eigenvalue weighted by Crippen LogP contribution is -2.25. The fourth-order valence-electron chi connectivity index (χ4n) is 1.80. The Balaban J connectivity index is 1.77. The predicted molar refractivity (Wildman–Crippen MR) is 70.4 cm³/mol. The Labute approximate surface area is 107 Å². The molecule has 0 saturated heterocycles. The van der Waals surface area contributed by atoms with E-state index < -0.39 is 0 Å². The van der Waals surface area contributed by atoms with Crippen molar-refractivity contribution in [2.75, 3.05) is 6.54 Å². The fraction of sp³-hybridized carbons (Fsp3) is 0.286. The maximum atomic E-state index is 11.9. The van der Waals surface area contributed by atoms with Gasteiger partial charge in [0.05, 0.1) is 0 Å². The number of hydrogen-bond donors (Lipinski definition) is 1. The second kappa shape index (κ2) is 6.00. The van der Waals surface area contributed by atoms with Gasteiger partial charge in [0.1, 0.15) is 0 Å². The van der Waals surface area contributed by atoms with E-state index in [4.69, 9.17) is 0 Å². The van der Waals surface area contributed by atoms with E-state index in [-0.39, 0.29) is 5.91 Å². The van der Waals surface area contributed by atoms with Gasteiger partial charge in [0, 0.05) is 31.0 Å². The van der Waals surface area contributed by atoms with Crippen molar-refractivity contribution >= 4 is 5.91 Å². The van der Waals surface area contributed by atoms with Crippen molar-refractivity contribution in [2.24, 2.45) is 0 Å². The fourth-order valence-corrected chi connectivity index (χ4v) is 1.80. The van der Waals surface area contributed by atoms with Crippen molar-refractivity contribution in [3.63, 3.8) is 0 Å². The first-order valence-corrected chi connectivity index (χ1v) is 6.08. The summed E-state index contributed by atoms with van der Waals surface area (Å²) in [5.74, 6) is -0.00596. The van der Waals surface area contributed by atoms with Gasteiger partial charge >= 0.3 is 0 Å². The number of carbonyl (C=O) groups excluding carboxylic acids is 1. The number of rotatable bonds is 5. The molecular formula is C14H17N3O. The molecule has 0 aliphatic heterocycles. The Bertz CT molecular complexity index is 506. The molecular weight excluding hydrogens is 226 g/mol. The minimum Gasteiger partial charge on any atom is -0.352 e. The molecule has 4 nitrogen and oxygen atoms in total. The summed E-state index contributed by atoms with van der Waals surface area (Å²) >= 11 is 0. The van der Waals surface area contributed by atoms with E-state index in [1.165, 1.54) is 0 Å². The number of nitrogens with zero attached hydrogens (tertiary/aromatic N) is 2. The SMILES string of the molecule is Cc1ccccc1C(=O)NCCCn1cccn1. The highest BCUT2D eigenvalue weighted by atomic mass is 16.1. The van der Waals surface area contributed by atoms with Gasteiger partial charge in [-0.3, -0.25) is 9.48 Å². The van der Waals surface area contributed by atoms with Crippen LogP contribution in [0.5, 0.6) is 0 Å². The summed E-state index contributed by atoms with van der Waals surface area (Å²) in [6.45, 7) is 3.42. The summed E-state index contributed by atoms with van der Waals surface area (Å²) in [5, 5.41) is 7.03. The molecule has 1 N–H and O–H groups in total. The van der Waals surface area contributed by atoms with Crippen LogP contribution in [0.3, 0.4) is 0 Å². The normalized spacial score (nSPS) is 10.3. The van der Waals surface area contributed by atoms with Crippen LogP contribution in [0.2, 0.25) is 0 Å². The second-order valence-corrected chi connectivity index (χ2v) is 4.19. The first-order valence-electron chi connectivity index (χ1n) is 6.08. The molecule has 0 radical (unpaired) electrons. The Morgan fingerprint density at radius 1 is 1.33 bits per heavy atom. The Morgan fingerprint density at radius 2 is 2.17 bits per heavy atom. The summed E-state index contributed by atoms with van der Waals surface area (Å²) in [4.78, 5) is 11.9. The van der Waals surface area contributed by atoms with Crippen LogP contribution in [-0.4, -0.2) is 22.2 Å². The lowest BCUT2D eigenvalue weighted by Gasteiger charge is -2.07. The topological polar surface area (TPSA) is 46.9 Å². The molecule has 0 bridgehead atoms. The molecule has 0 fully saturated rings. The average Bonchev–Trinajstić information content (AvgIpc) is 2.88. The Hall–Kier alpha value is -2.10. The quantitative estimate of drug-likeness (QED) is 0.817. The minimum atomic E-state index is -0.00596. The van der Waals surface area contributed by atoms with E-state index in [0.717, 1.165) is 24.1 Å². The lowest BCUT2D eigenvalue weighted by molar-refractivity contribution is 0.0952. The molecule has 0 saturated carbocycles. The van der Waals surface area contributed by atoms with Crippen LogP contribution in [0.25, 0.3) is 0 Å². The number of aryl methyl sites for hydroxylation is 2. The standard InChI is InChI=1S/C14H17N3O/c1-12-6-2-3-7-13(12)14(18)15-8-4-10-17-11-5-9-16-17/h2-3,5-7,9,11H,4,8,10H2,1H3,(H,15,18). The number of benzene rings is 1. The van der Waals surface area contributed by atoms with Gasteiger partial charge in [-0.05, 0) is 31.0 Å². The second-order valence-electron chi connectivity index (χ2n) is 4.19. The van der Waals surface area contributed by atoms with Crippen LogP contribution >= 0.6 is 0 Å². The van der Waals surface area contributed by atoms with Gasteiger partial charge in [-0.15, -0.1) is 0 Å². The molecule has 0 aliphatic rings. The number of aromatic nitrogens is 2. The van der Waals surface area contributed by atoms with E-state index in [1.807, 2.05) is 48.1 Å².